The summed E-state index contributed by atoms with van der Waals surface area (Å²) in [6.45, 7) is 11.1. The van der Waals surface area contributed by atoms with Gasteiger partial charge >= 0.3 is 0 Å². The van der Waals surface area contributed by atoms with Gasteiger partial charge in [-0.3, -0.25) is 9.80 Å². The summed E-state index contributed by atoms with van der Waals surface area (Å²) < 4.78 is 0. The first kappa shape index (κ1) is 17.2. The Balaban J connectivity index is 1.47. The highest BCUT2D eigenvalue weighted by molar-refractivity contribution is 4.74. The lowest BCUT2D eigenvalue weighted by molar-refractivity contribution is 0.125. The molecule has 0 aromatic heterocycles. The van der Waals surface area contributed by atoms with Gasteiger partial charge < -0.3 is 10.2 Å². The Bertz CT molecular complexity index is 256. The molecule has 1 saturated heterocycles. The molecule has 2 aliphatic rings. The fourth-order valence-corrected chi connectivity index (χ4v) is 3.51. The number of rotatable bonds is 8. The highest BCUT2D eigenvalue weighted by atomic mass is 15.3. The second-order valence-corrected chi connectivity index (χ2v) is 7.19. The summed E-state index contributed by atoms with van der Waals surface area (Å²) in [7, 11) is 4.32. The van der Waals surface area contributed by atoms with Gasteiger partial charge in [-0.05, 0) is 39.4 Å². The van der Waals surface area contributed by atoms with E-state index in [0.717, 1.165) is 5.92 Å². The molecule has 0 aromatic rings. The smallest absolute Gasteiger partial charge is 0.0110 e. The Kier molecular flexibility index (Phi) is 8.01. The van der Waals surface area contributed by atoms with Crippen LogP contribution in [-0.4, -0.2) is 87.7 Å². The highest BCUT2D eigenvalue weighted by Crippen LogP contribution is 2.22. The van der Waals surface area contributed by atoms with E-state index in [1.165, 1.54) is 91.0 Å². The average molecular weight is 297 g/mol. The van der Waals surface area contributed by atoms with E-state index in [1.807, 2.05) is 0 Å². The third-order valence-corrected chi connectivity index (χ3v) is 5.09. The summed E-state index contributed by atoms with van der Waals surface area (Å²) in [4.78, 5) is 7.51. The summed E-state index contributed by atoms with van der Waals surface area (Å²) in [5, 5.41) is 3.69. The Morgan fingerprint density at radius 1 is 0.905 bits per heavy atom. The van der Waals surface area contributed by atoms with Crippen LogP contribution in [0.3, 0.4) is 0 Å². The highest BCUT2D eigenvalue weighted by Gasteiger charge is 2.16. The lowest BCUT2D eigenvalue weighted by Crippen LogP contribution is -2.49. The Morgan fingerprint density at radius 2 is 1.52 bits per heavy atom. The molecular weight excluding hydrogens is 260 g/mol. The van der Waals surface area contributed by atoms with E-state index >= 15 is 0 Å². The summed E-state index contributed by atoms with van der Waals surface area (Å²) in [5.41, 5.74) is 0. The summed E-state index contributed by atoms with van der Waals surface area (Å²) in [6.07, 6.45) is 7.30. The van der Waals surface area contributed by atoms with Gasteiger partial charge in [0.1, 0.15) is 0 Å². The number of nitrogens with one attached hydrogen (secondary N) is 1. The molecule has 2 fully saturated rings. The molecule has 0 bridgehead atoms. The van der Waals surface area contributed by atoms with E-state index in [4.69, 9.17) is 0 Å². The van der Waals surface area contributed by atoms with Crippen molar-refractivity contribution >= 4 is 0 Å². The first-order valence-electron chi connectivity index (χ1n) is 9.04. The lowest BCUT2D eigenvalue weighted by atomic mass is 9.89. The monoisotopic (exact) mass is 296 g/mol. The Morgan fingerprint density at radius 3 is 2.14 bits per heavy atom. The molecule has 0 aromatic carbocycles. The first-order chi connectivity index (χ1) is 10.2. The van der Waals surface area contributed by atoms with E-state index in [-0.39, 0.29) is 0 Å². The third kappa shape index (κ3) is 7.09. The molecule has 1 aliphatic carbocycles. The maximum Gasteiger partial charge on any atom is 0.0110 e. The normalized spacial score (nSPS) is 23.0. The third-order valence-electron chi connectivity index (χ3n) is 5.09. The van der Waals surface area contributed by atoms with Gasteiger partial charge in [-0.25, -0.2) is 0 Å². The van der Waals surface area contributed by atoms with Crippen LogP contribution in [0.25, 0.3) is 0 Å². The van der Waals surface area contributed by atoms with E-state index in [2.05, 4.69) is 34.1 Å². The largest absolute Gasteiger partial charge is 0.315 e. The molecule has 1 saturated carbocycles. The molecule has 0 atom stereocenters. The fourth-order valence-electron chi connectivity index (χ4n) is 3.51. The Labute approximate surface area is 131 Å². The number of nitrogens with zero attached hydrogens (tertiary/aromatic N) is 3. The van der Waals surface area contributed by atoms with Crippen LogP contribution >= 0.6 is 0 Å². The van der Waals surface area contributed by atoms with Crippen molar-refractivity contribution in [3.05, 3.63) is 0 Å². The van der Waals surface area contributed by atoms with E-state index in [1.54, 1.807) is 0 Å². The second kappa shape index (κ2) is 9.78. The summed E-state index contributed by atoms with van der Waals surface area (Å²) in [5.74, 6) is 0.960. The van der Waals surface area contributed by atoms with Crippen LogP contribution in [0.5, 0.6) is 0 Å². The van der Waals surface area contributed by atoms with Crippen molar-refractivity contribution in [1.29, 1.82) is 0 Å². The molecule has 0 radical (unpaired) electrons. The first-order valence-corrected chi connectivity index (χ1v) is 9.04. The fraction of sp³-hybridized carbons (Fsp3) is 1.00. The van der Waals surface area contributed by atoms with Gasteiger partial charge in [-0.2, -0.15) is 0 Å². The second-order valence-electron chi connectivity index (χ2n) is 7.19. The van der Waals surface area contributed by atoms with Crippen LogP contribution in [0, 0.1) is 5.92 Å². The maximum atomic E-state index is 3.69. The predicted octanol–water partition coefficient (Wildman–Crippen LogP) is 1.34. The molecule has 0 unspecified atom stereocenters. The molecule has 124 valence electrons. The average Bonchev–Trinajstić information content (AvgIpc) is 2.52. The summed E-state index contributed by atoms with van der Waals surface area (Å²) >= 11 is 0. The molecule has 0 amide bonds. The zero-order valence-corrected chi connectivity index (χ0v) is 14.3. The van der Waals surface area contributed by atoms with Gasteiger partial charge in [-0.15, -0.1) is 0 Å². The van der Waals surface area contributed by atoms with Crippen molar-refractivity contribution in [2.45, 2.75) is 32.1 Å². The standard InChI is InChI=1S/C17H36N4/c1-19(2)10-11-21-14-12-20(13-15-21)9-8-18-16-17-6-4-3-5-7-17/h17-18H,3-16H2,1-2H3. The van der Waals surface area contributed by atoms with Crippen molar-refractivity contribution in [2.24, 2.45) is 5.92 Å². The van der Waals surface area contributed by atoms with Crippen molar-refractivity contribution < 1.29 is 0 Å². The van der Waals surface area contributed by atoms with Crippen LogP contribution in [0.2, 0.25) is 0 Å². The van der Waals surface area contributed by atoms with Gasteiger partial charge in [-0.1, -0.05) is 19.3 Å². The topological polar surface area (TPSA) is 21.8 Å². The number of piperazine rings is 1. The SMILES string of the molecule is CN(C)CCN1CCN(CCNCC2CCCCC2)CC1. The molecule has 0 spiro atoms. The quantitative estimate of drug-likeness (QED) is 0.682. The van der Waals surface area contributed by atoms with Gasteiger partial charge in [0.2, 0.25) is 0 Å². The lowest BCUT2D eigenvalue weighted by Gasteiger charge is -2.35. The van der Waals surface area contributed by atoms with Gasteiger partial charge in [0.05, 0.1) is 0 Å². The molecule has 1 aliphatic heterocycles. The predicted molar refractivity (Wildman–Crippen MR) is 90.9 cm³/mol. The van der Waals surface area contributed by atoms with E-state index < -0.39 is 0 Å². The van der Waals surface area contributed by atoms with Gasteiger partial charge in [0.25, 0.3) is 0 Å². The molecule has 2 rings (SSSR count). The van der Waals surface area contributed by atoms with Crippen LogP contribution < -0.4 is 5.32 Å². The van der Waals surface area contributed by atoms with E-state index in [9.17, 15) is 0 Å². The minimum absolute atomic E-state index is 0.960. The molecular formula is C17H36N4. The van der Waals surface area contributed by atoms with Crippen molar-refractivity contribution in [2.75, 3.05) is 73.0 Å². The minimum Gasteiger partial charge on any atom is -0.315 e. The molecule has 21 heavy (non-hydrogen) atoms. The number of likely N-dealkylation sites (N-methyl/N-ethyl adjacent to an activating group) is 1. The van der Waals surface area contributed by atoms with Gasteiger partial charge in [0.15, 0.2) is 0 Å². The van der Waals surface area contributed by atoms with Crippen LogP contribution in [-0.2, 0) is 0 Å². The summed E-state index contributed by atoms with van der Waals surface area (Å²) in [6, 6.07) is 0. The molecule has 1 heterocycles. The van der Waals surface area contributed by atoms with Crippen LogP contribution in [0.4, 0.5) is 0 Å². The zero-order chi connectivity index (χ0) is 14.9. The maximum absolute atomic E-state index is 3.69. The molecule has 4 nitrogen and oxygen atoms in total. The number of hydrogen-bond donors (Lipinski definition) is 1. The van der Waals surface area contributed by atoms with Crippen molar-refractivity contribution in [1.82, 2.24) is 20.0 Å². The minimum atomic E-state index is 0.960. The zero-order valence-electron chi connectivity index (χ0n) is 14.3. The van der Waals surface area contributed by atoms with Crippen LogP contribution in [0.1, 0.15) is 32.1 Å². The van der Waals surface area contributed by atoms with E-state index in [0.29, 0.717) is 0 Å². The Hall–Kier alpha value is -0.160. The van der Waals surface area contributed by atoms with Crippen molar-refractivity contribution in [3.63, 3.8) is 0 Å². The van der Waals surface area contributed by atoms with Gasteiger partial charge in [0, 0.05) is 52.4 Å². The number of hydrogen-bond acceptors (Lipinski definition) is 4. The molecule has 4 heteroatoms. The molecule has 1 N–H and O–H groups in total. The van der Waals surface area contributed by atoms with Crippen molar-refractivity contribution in [3.8, 4) is 0 Å². The van der Waals surface area contributed by atoms with Crippen LogP contribution in [0.15, 0.2) is 0 Å².